The van der Waals surface area contributed by atoms with Gasteiger partial charge in [0.2, 0.25) is 0 Å². The van der Waals surface area contributed by atoms with Gasteiger partial charge < -0.3 is 14.0 Å². The number of piperidine rings is 1. The van der Waals surface area contributed by atoms with Crippen LogP contribution in [0, 0.1) is 0 Å². The second kappa shape index (κ2) is 6.85. The van der Waals surface area contributed by atoms with Crippen LogP contribution in [0.25, 0.3) is 0 Å². The van der Waals surface area contributed by atoms with Gasteiger partial charge in [-0.15, -0.1) is 0 Å². The average Bonchev–Trinajstić information content (AvgIpc) is 2.76. The van der Waals surface area contributed by atoms with Crippen molar-refractivity contribution in [1.82, 2.24) is 4.90 Å². The molecule has 144 valence electrons. The Morgan fingerprint density at radius 3 is 1.92 bits per heavy atom. The average molecular weight is 359 g/mol. The van der Waals surface area contributed by atoms with Gasteiger partial charge >= 0.3 is 7.12 Å². The predicted octanol–water partition coefficient (Wildman–Crippen LogP) is 3.63. The first-order valence-electron chi connectivity index (χ1n) is 9.85. The molecule has 2 saturated heterocycles. The van der Waals surface area contributed by atoms with Gasteiger partial charge in [0.25, 0.3) is 0 Å². The molecule has 0 N–H and O–H groups in total. The van der Waals surface area contributed by atoms with Crippen LogP contribution in [0.15, 0.2) is 24.3 Å². The van der Waals surface area contributed by atoms with Gasteiger partial charge in [0.05, 0.1) is 11.2 Å². The summed E-state index contributed by atoms with van der Waals surface area (Å²) in [7, 11) is -0.316. The number of hydrogen-bond donors (Lipinski definition) is 0. The van der Waals surface area contributed by atoms with E-state index < -0.39 is 0 Å². The predicted molar refractivity (Wildman–Crippen MR) is 107 cm³/mol. The molecule has 26 heavy (non-hydrogen) atoms. The highest BCUT2D eigenvalue weighted by Gasteiger charge is 2.51. The van der Waals surface area contributed by atoms with Crippen LogP contribution in [0.5, 0.6) is 5.75 Å². The Morgan fingerprint density at radius 1 is 0.962 bits per heavy atom. The second-order valence-electron chi connectivity index (χ2n) is 9.63. The molecular formula is C21H34BNO3. The van der Waals surface area contributed by atoms with Gasteiger partial charge in [0.15, 0.2) is 0 Å². The Balaban J connectivity index is 1.56. The van der Waals surface area contributed by atoms with Crippen LogP contribution in [0.3, 0.4) is 0 Å². The highest BCUT2D eigenvalue weighted by Crippen LogP contribution is 2.36. The van der Waals surface area contributed by atoms with Crippen molar-refractivity contribution in [3.63, 3.8) is 0 Å². The summed E-state index contributed by atoms with van der Waals surface area (Å²) in [5.74, 6) is 0.930. The molecule has 0 atom stereocenters. The minimum atomic E-state index is -0.316. The smallest absolute Gasteiger partial charge is 0.490 e. The number of benzene rings is 1. The van der Waals surface area contributed by atoms with E-state index in [2.05, 4.69) is 65.5 Å². The van der Waals surface area contributed by atoms with E-state index in [1.165, 1.54) is 0 Å². The van der Waals surface area contributed by atoms with Crippen molar-refractivity contribution < 1.29 is 14.0 Å². The molecule has 0 spiro atoms. The first kappa shape index (κ1) is 19.7. The molecule has 0 amide bonds. The molecule has 2 heterocycles. The number of ether oxygens (including phenoxy) is 1. The minimum Gasteiger partial charge on any atom is -0.490 e. The van der Waals surface area contributed by atoms with Crippen molar-refractivity contribution >= 4 is 12.6 Å². The number of rotatable bonds is 3. The second-order valence-corrected chi connectivity index (χ2v) is 9.63. The van der Waals surface area contributed by atoms with Crippen molar-refractivity contribution in [2.45, 2.75) is 84.2 Å². The van der Waals surface area contributed by atoms with Crippen LogP contribution in [0.2, 0.25) is 0 Å². The van der Waals surface area contributed by atoms with Gasteiger partial charge in [-0.2, -0.15) is 0 Å². The molecule has 0 bridgehead atoms. The Bertz CT molecular complexity index is 597. The zero-order valence-electron chi connectivity index (χ0n) is 17.5. The van der Waals surface area contributed by atoms with E-state index in [-0.39, 0.29) is 23.9 Å². The van der Waals surface area contributed by atoms with E-state index in [1.54, 1.807) is 0 Å². The maximum atomic E-state index is 6.21. The van der Waals surface area contributed by atoms with Gasteiger partial charge in [0.1, 0.15) is 11.9 Å². The molecule has 2 aliphatic rings. The fourth-order valence-corrected chi connectivity index (χ4v) is 3.52. The maximum absolute atomic E-state index is 6.21. The van der Waals surface area contributed by atoms with E-state index in [1.807, 2.05) is 12.1 Å². The lowest BCUT2D eigenvalue weighted by Gasteiger charge is -2.40. The van der Waals surface area contributed by atoms with Crippen LogP contribution in [-0.2, 0) is 9.31 Å². The first-order valence-corrected chi connectivity index (χ1v) is 9.85. The lowest BCUT2D eigenvalue weighted by Crippen LogP contribution is -2.48. The molecular weight excluding hydrogens is 325 g/mol. The minimum absolute atomic E-state index is 0.245. The third kappa shape index (κ3) is 4.10. The number of nitrogens with zero attached hydrogens (tertiary/aromatic N) is 1. The van der Waals surface area contributed by atoms with Gasteiger partial charge in [-0.1, -0.05) is 12.1 Å². The molecule has 0 aliphatic carbocycles. The Morgan fingerprint density at radius 2 is 1.46 bits per heavy atom. The molecule has 3 rings (SSSR count). The molecule has 0 radical (unpaired) electrons. The number of likely N-dealkylation sites (tertiary alicyclic amines) is 1. The third-order valence-corrected chi connectivity index (χ3v) is 6.10. The highest BCUT2D eigenvalue weighted by molar-refractivity contribution is 6.62. The lowest BCUT2D eigenvalue weighted by atomic mass is 9.79. The van der Waals surface area contributed by atoms with E-state index in [9.17, 15) is 0 Å². The summed E-state index contributed by atoms with van der Waals surface area (Å²) in [4.78, 5) is 2.54. The summed E-state index contributed by atoms with van der Waals surface area (Å²) in [6, 6.07) is 8.19. The SMILES string of the molecule is CC(C)(C)N1CCC(Oc2ccc(B3OC(C)(C)C(C)(C)O3)cc2)CC1. The molecule has 1 aromatic rings. The van der Waals surface area contributed by atoms with E-state index in [0.717, 1.165) is 37.1 Å². The molecule has 0 saturated carbocycles. The van der Waals surface area contributed by atoms with Crippen LogP contribution in [0.4, 0.5) is 0 Å². The van der Waals surface area contributed by atoms with Crippen LogP contribution >= 0.6 is 0 Å². The summed E-state index contributed by atoms with van der Waals surface area (Å²) in [5, 5.41) is 0. The first-order chi connectivity index (χ1) is 12.0. The van der Waals surface area contributed by atoms with E-state index in [4.69, 9.17) is 14.0 Å². The lowest BCUT2D eigenvalue weighted by molar-refractivity contribution is 0.00578. The van der Waals surface area contributed by atoms with E-state index in [0.29, 0.717) is 6.10 Å². The summed E-state index contributed by atoms with van der Waals surface area (Å²) < 4.78 is 18.4. The summed E-state index contributed by atoms with van der Waals surface area (Å²) in [6.07, 6.45) is 2.46. The topological polar surface area (TPSA) is 30.9 Å². The van der Waals surface area contributed by atoms with Gasteiger partial charge in [-0.25, -0.2) is 0 Å². The third-order valence-electron chi connectivity index (χ3n) is 6.10. The zero-order valence-corrected chi connectivity index (χ0v) is 17.5. The van der Waals surface area contributed by atoms with Crippen molar-refractivity contribution in [3.05, 3.63) is 24.3 Å². The largest absolute Gasteiger partial charge is 0.494 e. The van der Waals surface area contributed by atoms with Gasteiger partial charge in [-0.05, 0) is 78.9 Å². The maximum Gasteiger partial charge on any atom is 0.494 e. The molecule has 4 nitrogen and oxygen atoms in total. The van der Waals surface area contributed by atoms with E-state index >= 15 is 0 Å². The standard InChI is InChI=1S/C21H34BNO3/c1-19(2,3)23-14-12-18(13-15-23)24-17-10-8-16(9-11-17)22-25-20(4,5)21(6,7)26-22/h8-11,18H,12-15H2,1-7H3. The van der Waals surface area contributed by atoms with Crippen LogP contribution in [0.1, 0.15) is 61.3 Å². The number of hydrogen-bond acceptors (Lipinski definition) is 4. The van der Waals surface area contributed by atoms with Crippen LogP contribution < -0.4 is 10.2 Å². The summed E-state index contributed by atoms with van der Waals surface area (Å²) in [5.41, 5.74) is 0.663. The highest BCUT2D eigenvalue weighted by atomic mass is 16.7. The Hall–Kier alpha value is -1.04. The fraction of sp³-hybridized carbons (Fsp3) is 0.714. The molecule has 0 unspecified atom stereocenters. The quantitative estimate of drug-likeness (QED) is 0.772. The molecule has 5 heteroatoms. The van der Waals surface area contributed by atoms with Gasteiger partial charge in [0, 0.05) is 18.6 Å². The fourth-order valence-electron chi connectivity index (χ4n) is 3.52. The van der Waals surface area contributed by atoms with Crippen molar-refractivity contribution in [2.24, 2.45) is 0 Å². The normalized spacial score (nSPS) is 24.0. The summed E-state index contributed by atoms with van der Waals surface area (Å²) >= 11 is 0. The zero-order chi connectivity index (χ0) is 19.2. The van der Waals surface area contributed by atoms with Gasteiger partial charge in [-0.3, -0.25) is 4.90 Å². The Kier molecular flexibility index (Phi) is 5.19. The van der Waals surface area contributed by atoms with Crippen molar-refractivity contribution in [1.29, 1.82) is 0 Å². The Labute approximate surface area is 159 Å². The van der Waals surface area contributed by atoms with Crippen molar-refractivity contribution in [3.8, 4) is 5.75 Å². The molecule has 0 aromatic heterocycles. The molecule has 1 aromatic carbocycles. The van der Waals surface area contributed by atoms with Crippen LogP contribution in [-0.4, -0.2) is 48.0 Å². The monoisotopic (exact) mass is 359 g/mol. The molecule has 2 aliphatic heterocycles. The molecule has 2 fully saturated rings. The summed E-state index contributed by atoms with van der Waals surface area (Å²) in [6.45, 7) is 17.3. The van der Waals surface area contributed by atoms with Crippen molar-refractivity contribution in [2.75, 3.05) is 13.1 Å².